The molecule has 334 valence electrons. The summed E-state index contributed by atoms with van der Waals surface area (Å²) in [6, 6.07) is 16.4. The molecule has 64 heavy (non-hydrogen) atoms. The predicted molar refractivity (Wildman–Crippen MR) is 241 cm³/mol. The number of benzene rings is 2. The number of para-hydroxylation sites is 1. The number of fused-ring (bicyclic) bond motifs is 1. The fraction of sp³-hybridized carbons (Fsp3) is 0.458. The van der Waals surface area contributed by atoms with Gasteiger partial charge in [0.2, 0.25) is 5.91 Å². The van der Waals surface area contributed by atoms with Gasteiger partial charge in [-0.05, 0) is 98.5 Å². The Kier molecular flexibility index (Phi) is 11.0. The van der Waals surface area contributed by atoms with E-state index in [2.05, 4.69) is 36.1 Å². The maximum atomic E-state index is 16.5. The molecule has 2 aromatic carbocycles. The molecule has 4 amide bonds. The number of nitrogens with zero attached hydrogens (tertiary/aromatic N) is 8. The summed E-state index contributed by atoms with van der Waals surface area (Å²) in [6.45, 7) is 8.05. The number of alkyl halides is 1. The monoisotopic (exact) mass is 870 g/mol. The number of hydrogen-bond acceptors (Lipinski definition) is 11. The Morgan fingerprint density at radius 2 is 1.75 bits per heavy atom. The number of hydrogen-bond donors (Lipinski definition) is 3. The number of rotatable bonds is 9. The summed E-state index contributed by atoms with van der Waals surface area (Å²) in [5, 5.41) is 22.4. The minimum absolute atomic E-state index is 0.0936. The SMILES string of the molecule is Cc1cc(C(=O)N2CCC(F)(CN3CCC(n4cc(C5CC5)c5cc(N6CCC(=O)NC6=O)cnc54)CC3)CC2)ccc1[C@@H]1CN(c2cc(-c3ccccc3O)nnc2N)C[C@@H](C)O1. The van der Waals surface area contributed by atoms with Crippen LogP contribution in [0.4, 0.5) is 26.4 Å². The number of carbonyl (C=O) groups is 3. The molecule has 0 bridgehead atoms. The summed E-state index contributed by atoms with van der Waals surface area (Å²) in [7, 11) is 0. The average Bonchev–Trinajstić information content (AvgIpc) is 4.06. The number of carbonyl (C=O) groups excluding carboxylic acids is 3. The van der Waals surface area contributed by atoms with Crippen LogP contribution in [0.1, 0.15) is 97.0 Å². The van der Waals surface area contributed by atoms with E-state index >= 15 is 4.39 Å². The van der Waals surface area contributed by atoms with Crippen molar-refractivity contribution in [3.05, 3.63) is 89.2 Å². The molecule has 10 rings (SSSR count). The van der Waals surface area contributed by atoms with Crippen molar-refractivity contribution in [3.8, 4) is 17.0 Å². The second-order valence-electron chi connectivity index (χ2n) is 18.5. The molecular formula is C48H55FN10O5. The van der Waals surface area contributed by atoms with Gasteiger partial charge in [0.25, 0.3) is 5.91 Å². The minimum atomic E-state index is -1.37. The number of imide groups is 1. The minimum Gasteiger partial charge on any atom is -0.507 e. The van der Waals surface area contributed by atoms with Gasteiger partial charge in [0, 0.05) is 100 Å². The van der Waals surface area contributed by atoms with Crippen LogP contribution in [0.2, 0.25) is 0 Å². The summed E-state index contributed by atoms with van der Waals surface area (Å²) < 4.78 is 25.3. The largest absolute Gasteiger partial charge is 0.507 e. The molecule has 5 fully saturated rings. The van der Waals surface area contributed by atoms with Crippen molar-refractivity contribution < 1.29 is 28.6 Å². The van der Waals surface area contributed by atoms with Gasteiger partial charge in [-0.25, -0.2) is 14.2 Å². The molecule has 4 aliphatic heterocycles. The molecule has 0 radical (unpaired) electrons. The molecule has 15 nitrogen and oxygen atoms in total. The second kappa shape index (κ2) is 16.8. The van der Waals surface area contributed by atoms with Gasteiger partial charge >= 0.3 is 6.03 Å². The first-order valence-electron chi connectivity index (χ1n) is 22.6. The first-order chi connectivity index (χ1) is 30.9. The molecule has 5 aromatic rings. The van der Waals surface area contributed by atoms with Gasteiger partial charge in [-0.15, -0.1) is 10.2 Å². The molecule has 1 saturated carbocycles. The van der Waals surface area contributed by atoms with Crippen molar-refractivity contribution in [2.45, 2.75) is 88.6 Å². The predicted octanol–water partition coefficient (Wildman–Crippen LogP) is 6.66. The molecule has 7 heterocycles. The number of likely N-dealkylation sites (tertiary alicyclic amines) is 2. The summed E-state index contributed by atoms with van der Waals surface area (Å²) in [5.74, 6) is 0.538. The molecule has 5 aliphatic rings. The molecule has 0 unspecified atom stereocenters. The number of morpholine rings is 1. The standard InChI is InChI=1S/C48H55FN10O5/c1-29-21-32(9-10-35(29)42-27-57(25-30(2)64-42)40-23-39(53-54-44(40)50)36-5-3-4-6-41(36)60)46(62)56-19-14-48(49,15-20-56)28-55-16-11-33(12-17-55)59-26-38(31-7-8-31)37-22-34(24-51-45(37)59)58-18-13-43(61)52-47(58)63/h3-6,9-10,21-24,26,30-31,33,42,60H,7-8,11-20,25,27-28H2,1-2H3,(H2,50,54)(H,52,61,63)/t30-,42+/m1/s1. The van der Waals surface area contributed by atoms with Crippen LogP contribution in [0, 0.1) is 6.92 Å². The fourth-order valence-electron chi connectivity index (χ4n) is 10.3. The smallest absolute Gasteiger partial charge is 0.328 e. The topological polar surface area (TPSA) is 175 Å². The van der Waals surface area contributed by atoms with Gasteiger partial charge < -0.3 is 34.8 Å². The number of phenolic OH excluding ortho intramolecular Hbond substituents is 1. The zero-order valence-corrected chi connectivity index (χ0v) is 36.4. The number of amides is 4. The highest BCUT2D eigenvalue weighted by molar-refractivity contribution is 6.06. The maximum absolute atomic E-state index is 16.5. The number of ether oxygens (including phenoxy) is 1. The van der Waals surface area contributed by atoms with Crippen LogP contribution in [0.15, 0.2) is 67.0 Å². The quantitative estimate of drug-likeness (QED) is 0.145. The lowest BCUT2D eigenvalue weighted by Crippen LogP contribution is -2.51. The number of piperidine rings is 2. The lowest BCUT2D eigenvalue weighted by molar-refractivity contribution is -0.120. The van der Waals surface area contributed by atoms with Crippen molar-refractivity contribution in [2.24, 2.45) is 0 Å². The molecule has 0 spiro atoms. The van der Waals surface area contributed by atoms with E-state index in [4.69, 9.17) is 15.5 Å². The highest BCUT2D eigenvalue weighted by atomic mass is 19.1. The van der Waals surface area contributed by atoms with Gasteiger partial charge in [0.05, 0.1) is 29.4 Å². The van der Waals surface area contributed by atoms with E-state index in [-0.39, 0.29) is 42.2 Å². The van der Waals surface area contributed by atoms with Crippen LogP contribution in [0.25, 0.3) is 22.3 Å². The van der Waals surface area contributed by atoms with E-state index in [1.54, 1.807) is 34.2 Å². The third-order valence-electron chi connectivity index (χ3n) is 13.9. The van der Waals surface area contributed by atoms with Crippen molar-refractivity contribution in [2.75, 3.05) is 67.9 Å². The highest BCUT2D eigenvalue weighted by Crippen LogP contribution is 2.46. The molecular weight excluding hydrogens is 816 g/mol. The first kappa shape index (κ1) is 41.9. The summed E-state index contributed by atoms with van der Waals surface area (Å²) >= 11 is 0. The molecule has 1 aliphatic carbocycles. The normalized spacial score (nSPS) is 22.3. The Balaban J connectivity index is 0.745. The van der Waals surface area contributed by atoms with Crippen LogP contribution in [0.3, 0.4) is 0 Å². The Morgan fingerprint density at radius 1 is 0.969 bits per heavy atom. The van der Waals surface area contributed by atoms with Crippen molar-refractivity contribution >= 4 is 46.1 Å². The van der Waals surface area contributed by atoms with Gasteiger partial charge in [0.1, 0.15) is 23.2 Å². The van der Waals surface area contributed by atoms with Crippen molar-refractivity contribution in [1.29, 1.82) is 0 Å². The van der Waals surface area contributed by atoms with E-state index in [9.17, 15) is 19.5 Å². The lowest BCUT2D eigenvalue weighted by Gasteiger charge is -2.41. The van der Waals surface area contributed by atoms with E-state index in [1.807, 2.05) is 50.2 Å². The molecule has 4 N–H and O–H groups in total. The Labute approximate surface area is 371 Å². The summed E-state index contributed by atoms with van der Waals surface area (Å²) in [5.41, 5.74) is 12.1. The number of nitrogens with one attached hydrogen (secondary N) is 1. The van der Waals surface area contributed by atoms with Crippen LogP contribution < -0.4 is 20.9 Å². The molecule has 16 heteroatoms. The summed E-state index contributed by atoms with van der Waals surface area (Å²) in [6.07, 6.45) is 8.44. The van der Waals surface area contributed by atoms with Gasteiger partial charge in [-0.1, -0.05) is 18.2 Å². The van der Waals surface area contributed by atoms with E-state index in [0.717, 1.165) is 60.9 Å². The second-order valence-corrected chi connectivity index (χ2v) is 18.5. The number of urea groups is 1. The number of anilines is 3. The van der Waals surface area contributed by atoms with E-state index in [1.165, 1.54) is 5.56 Å². The average molecular weight is 871 g/mol. The number of aryl methyl sites for hydroxylation is 1. The molecule has 3 aromatic heterocycles. The van der Waals surface area contributed by atoms with Crippen LogP contribution in [0.5, 0.6) is 5.75 Å². The number of halogens is 1. The van der Waals surface area contributed by atoms with Gasteiger partial charge in [0.15, 0.2) is 5.82 Å². The Hall–Kier alpha value is -6.13. The maximum Gasteiger partial charge on any atom is 0.328 e. The number of aromatic hydroxyl groups is 1. The van der Waals surface area contributed by atoms with Crippen LogP contribution >= 0.6 is 0 Å². The van der Waals surface area contributed by atoms with Crippen LogP contribution in [-0.2, 0) is 9.53 Å². The Morgan fingerprint density at radius 3 is 2.48 bits per heavy atom. The van der Waals surface area contributed by atoms with Crippen molar-refractivity contribution in [3.63, 3.8) is 0 Å². The zero-order valence-electron chi connectivity index (χ0n) is 36.4. The van der Waals surface area contributed by atoms with Crippen molar-refractivity contribution in [1.82, 2.24) is 34.9 Å². The number of pyridine rings is 1. The molecule has 4 saturated heterocycles. The van der Waals surface area contributed by atoms with E-state index < -0.39 is 11.7 Å². The Bertz CT molecular complexity index is 2620. The highest BCUT2D eigenvalue weighted by Gasteiger charge is 2.40. The molecule has 2 atom stereocenters. The fourth-order valence-corrected chi connectivity index (χ4v) is 10.3. The third-order valence-corrected chi connectivity index (χ3v) is 13.9. The van der Waals surface area contributed by atoms with Crippen LogP contribution in [-0.4, -0.2) is 117 Å². The van der Waals surface area contributed by atoms with Gasteiger partial charge in [-0.3, -0.25) is 19.8 Å². The van der Waals surface area contributed by atoms with E-state index in [0.29, 0.717) is 92.0 Å². The summed E-state index contributed by atoms with van der Waals surface area (Å²) in [4.78, 5) is 50.8. The number of nitrogens with two attached hydrogens (primary N) is 1. The lowest BCUT2D eigenvalue weighted by atomic mass is 9.91. The number of phenols is 1. The number of aromatic nitrogens is 4. The number of nitrogen functional groups attached to an aromatic ring is 1. The van der Waals surface area contributed by atoms with Gasteiger partial charge in [-0.2, -0.15) is 0 Å². The third kappa shape index (κ3) is 8.24. The first-order valence-corrected chi connectivity index (χ1v) is 22.6. The zero-order chi connectivity index (χ0) is 44.3.